The van der Waals surface area contributed by atoms with Gasteiger partial charge in [-0.2, -0.15) is 0 Å². The first-order chi connectivity index (χ1) is 16.4. The van der Waals surface area contributed by atoms with Gasteiger partial charge in [-0.1, -0.05) is 48.5 Å². The molecule has 5 rings (SSSR count). The highest BCUT2D eigenvalue weighted by molar-refractivity contribution is 5.60. The van der Waals surface area contributed by atoms with Gasteiger partial charge in [0, 0.05) is 30.8 Å². The third-order valence-electron chi connectivity index (χ3n) is 7.89. The number of ether oxygens (including phenoxy) is 2. The average molecular weight is 456 g/mol. The van der Waals surface area contributed by atoms with Gasteiger partial charge in [0.05, 0.1) is 0 Å². The summed E-state index contributed by atoms with van der Waals surface area (Å²) in [5, 5.41) is 0. The highest BCUT2D eigenvalue weighted by Gasteiger charge is 2.40. The highest BCUT2D eigenvalue weighted by atomic mass is 16.5. The van der Waals surface area contributed by atoms with Crippen molar-refractivity contribution in [3.63, 3.8) is 0 Å². The fourth-order valence-electron chi connectivity index (χ4n) is 5.87. The molecule has 178 valence electrons. The van der Waals surface area contributed by atoms with Crippen molar-refractivity contribution in [3.05, 3.63) is 88.5 Å². The second kappa shape index (κ2) is 9.37. The Morgan fingerprint density at radius 3 is 2.21 bits per heavy atom. The van der Waals surface area contributed by atoms with Crippen LogP contribution in [0, 0.1) is 26.7 Å². The van der Waals surface area contributed by atoms with Crippen molar-refractivity contribution in [1.82, 2.24) is 0 Å². The predicted octanol–water partition coefficient (Wildman–Crippen LogP) is 7.19. The van der Waals surface area contributed by atoms with Gasteiger partial charge in [0.25, 0.3) is 0 Å². The van der Waals surface area contributed by atoms with Crippen molar-refractivity contribution in [1.29, 1.82) is 0 Å². The van der Waals surface area contributed by atoms with Crippen LogP contribution in [0.15, 0.2) is 60.7 Å². The van der Waals surface area contributed by atoms with E-state index in [9.17, 15) is 0 Å². The van der Waals surface area contributed by atoms with Crippen LogP contribution in [-0.4, -0.2) is 18.7 Å². The minimum atomic E-state index is -0.137. The van der Waals surface area contributed by atoms with Gasteiger partial charge >= 0.3 is 0 Å². The third kappa shape index (κ3) is 4.53. The summed E-state index contributed by atoms with van der Waals surface area (Å²) >= 11 is 0. The lowest BCUT2D eigenvalue weighted by Gasteiger charge is -2.37. The summed E-state index contributed by atoms with van der Waals surface area (Å²) in [6.45, 7) is 11.7. The lowest BCUT2D eigenvalue weighted by molar-refractivity contribution is 0.0783. The molecule has 34 heavy (non-hydrogen) atoms. The van der Waals surface area contributed by atoms with E-state index in [0.29, 0.717) is 12.5 Å². The van der Waals surface area contributed by atoms with Gasteiger partial charge in [0.1, 0.15) is 23.7 Å². The summed E-state index contributed by atoms with van der Waals surface area (Å²) in [6, 6.07) is 21.2. The largest absolute Gasteiger partial charge is 0.488 e. The molecule has 1 atom stereocenters. The van der Waals surface area contributed by atoms with Crippen LogP contribution in [0.1, 0.15) is 54.0 Å². The molecule has 0 N–H and O–H groups in total. The van der Waals surface area contributed by atoms with Gasteiger partial charge in [-0.15, -0.1) is 0 Å². The minimum absolute atomic E-state index is 0.137. The van der Waals surface area contributed by atoms with Crippen molar-refractivity contribution in [2.75, 3.05) is 18.0 Å². The van der Waals surface area contributed by atoms with Gasteiger partial charge in [0.15, 0.2) is 0 Å². The first-order valence-corrected chi connectivity index (χ1v) is 12.7. The summed E-state index contributed by atoms with van der Waals surface area (Å²) in [7, 11) is 0. The van der Waals surface area contributed by atoms with Crippen LogP contribution >= 0.6 is 0 Å². The molecule has 0 saturated carbocycles. The van der Waals surface area contributed by atoms with Gasteiger partial charge in [-0.3, -0.25) is 0 Å². The summed E-state index contributed by atoms with van der Waals surface area (Å²) in [5.41, 5.74) is 7.43. The summed E-state index contributed by atoms with van der Waals surface area (Å²) < 4.78 is 13.1. The van der Waals surface area contributed by atoms with Crippen LogP contribution < -0.4 is 14.4 Å². The fourth-order valence-corrected chi connectivity index (χ4v) is 5.87. The molecule has 3 aromatic carbocycles. The van der Waals surface area contributed by atoms with Crippen molar-refractivity contribution >= 4 is 5.69 Å². The van der Waals surface area contributed by atoms with Gasteiger partial charge < -0.3 is 14.4 Å². The van der Waals surface area contributed by atoms with Crippen LogP contribution in [-0.2, 0) is 13.0 Å². The maximum absolute atomic E-state index is 6.75. The molecule has 0 amide bonds. The molecule has 0 spiro atoms. The Balaban J connectivity index is 1.27. The van der Waals surface area contributed by atoms with Crippen LogP contribution in [0.2, 0.25) is 0 Å². The first-order valence-electron chi connectivity index (χ1n) is 12.7. The highest BCUT2D eigenvalue weighted by Crippen LogP contribution is 2.47. The van der Waals surface area contributed by atoms with Gasteiger partial charge in [0.2, 0.25) is 0 Å². The molecule has 0 radical (unpaired) electrons. The number of fused-ring (bicyclic) bond motifs is 1. The van der Waals surface area contributed by atoms with E-state index >= 15 is 0 Å². The molecule has 3 nitrogen and oxygen atoms in total. The topological polar surface area (TPSA) is 21.7 Å². The lowest BCUT2D eigenvalue weighted by atomic mass is 9.82. The molecule has 2 heterocycles. The maximum atomic E-state index is 6.75. The predicted molar refractivity (Wildman–Crippen MR) is 140 cm³/mol. The molecule has 2 aliphatic heterocycles. The summed E-state index contributed by atoms with van der Waals surface area (Å²) in [5.74, 6) is 2.84. The number of benzene rings is 3. The van der Waals surface area contributed by atoms with E-state index in [2.05, 4.69) is 87.2 Å². The molecular weight excluding hydrogens is 418 g/mol. The molecule has 1 fully saturated rings. The number of piperidine rings is 1. The van der Waals surface area contributed by atoms with E-state index in [1.165, 1.54) is 46.3 Å². The number of hydrogen-bond acceptors (Lipinski definition) is 3. The fraction of sp³-hybridized carbons (Fsp3) is 0.419. The first kappa shape index (κ1) is 22.8. The van der Waals surface area contributed by atoms with Crippen molar-refractivity contribution in [3.8, 4) is 11.5 Å². The van der Waals surface area contributed by atoms with Crippen molar-refractivity contribution in [2.45, 2.75) is 65.6 Å². The zero-order valence-corrected chi connectivity index (χ0v) is 21.1. The average Bonchev–Trinajstić information content (AvgIpc) is 3.22. The standard InChI is InChI=1S/C31H37NO2/c1-22-23(2)30-28(24(3)29(22)33-21-26-11-7-5-8-12-26)20-31(4,34-30)19-25-15-17-32(18-16-25)27-13-9-6-10-14-27/h5-14,25H,15-21H2,1-4H3. The monoisotopic (exact) mass is 455 g/mol. The number of anilines is 1. The molecule has 3 aromatic rings. The molecule has 0 aliphatic carbocycles. The molecular formula is C31H37NO2. The molecule has 3 heteroatoms. The second-order valence-electron chi connectivity index (χ2n) is 10.5. The lowest BCUT2D eigenvalue weighted by Crippen LogP contribution is -2.39. The Morgan fingerprint density at radius 1 is 0.882 bits per heavy atom. The van der Waals surface area contributed by atoms with Crippen molar-refractivity contribution in [2.24, 2.45) is 5.92 Å². The van der Waals surface area contributed by atoms with Crippen LogP contribution in [0.4, 0.5) is 5.69 Å². The maximum Gasteiger partial charge on any atom is 0.127 e. The van der Waals surface area contributed by atoms with E-state index < -0.39 is 0 Å². The smallest absolute Gasteiger partial charge is 0.127 e. The van der Waals surface area contributed by atoms with Crippen LogP contribution in [0.3, 0.4) is 0 Å². The Labute approximate surface area is 204 Å². The number of nitrogens with zero attached hydrogens (tertiary/aromatic N) is 1. The Bertz CT molecular complexity index is 1130. The Kier molecular flexibility index (Phi) is 6.29. The van der Waals surface area contributed by atoms with Crippen LogP contribution in [0.25, 0.3) is 0 Å². The number of para-hydroxylation sites is 1. The quantitative estimate of drug-likeness (QED) is 0.392. The molecule has 1 saturated heterocycles. The number of hydrogen-bond donors (Lipinski definition) is 0. The van der Waals surface area contributed by atoms with Gasteiger partial charge in [-0.05, 0) is 87.3 Å². The third-order valence-corrected chi connectivity index (χ3v) is 7.89. The van der Waals surface area contributed by atoms with Gasteiger partial charge in [-0.25, -0.2) is 0 Å². The second-order valence-corrected chi connectivity index (χ2v) is 10.5. The molecule has 0 aromatic heterocycles. The van der Waals surface area contributed by atoms with E-state index in [1.54, 1.807) is 0 Å². The zero-order valence-electron chi connectivity index (χ0n) is 21.1. The summed E-state index contributed by atoms with van der Waals surface area (Å²) in [4.78, 5) is 2.52. The molecule has 1 unspecified atom stereocenters. The van der Waals surface area contributed by atoms with E-state index in [-0.39, 0.29) is 5.60 Å². The Hall–Kier alpha value is -2.94. The minimum Gasteiger partial charge on any atom is -0.488 e. The Morgan fingerprint density at radius 2 is 1.53 bits per heavy atom. The normalized spacial score (nSPS) is 20.2. The van der Waals surface area contributed by atoms with E-state index in [4.69, 9.17) is 9.47 Å². The molecule has 2 aliphatic rings. The van der Waals surface area contributed by atoms with Crippen LogP contribution in [0.5, 0.6) is 11.5 Å². The number of rotatable bonds is 6. The summed E-state index contributed by atoms with van der Waals surface area (Å²) in [6.07, 6.45) is 4.54. The van der Waals surface area contributed by atoms with E-state index in [0.717, 1.165) is 37.4 Å². The molecule has 0 bridgehead atoms. The van der Waals surface area contributed by atoms with Crippen molar-refractivity contribution < 1.29 is 9.47 Å². The van der Waals surface area contributed by atoms with E-state index in [1.807, 2.05) is 6.07 Å². The SMILES string of the molecule is Cc1c(C)c2c(c(C)c1OCc1ccccc1)CC(C)(CC1CCN(c3ccccc3)CC1)O2. The zero-order chi connectivity index (χ0) is 23.7.